The van der Waals surface area contributed by atoms with Crippen molar-refractivity contribution in [3.05, 3.63) is 48.4 Å². The largest absolute Gasteiger partial charge is 0.492 e. The van der Waals surface area contributed by atoms with E-state index >= 15 is 0 Å². The van der Waals surface area contributed by atoms with E-state index in [9.17, 15) is 13.7 Å². The maximum Gasteiger partial charge on any atom is 0.266 e. The molecular weight excluding hydrogens is 446 g/mol. The zero-order chi connectivity index (χ0) is 23.4. The second-order valence-electron chi connectivity index (χ2n) is 7.70. The van der Waals surface area contributed by atoms with Gasteiger partial charge in [0.25, 0.3) is 5.89 Å². The molecule has 1 aromatic carbocycles. The fourth-order valence-corrected chi connectivity index (χ4v) is 4.39. The van der Waals surface area contributed by atoms with Crippen LogP contribution in [-0.4, -0.2) is 76.0 Å². The minimum Gasteiger partial charge on any atom is -0.492 e. The van der Waals surface area contributed by atoms with E-state index in [1.54, 1.807) is 36.4 Å². The van der Waals surface area contributed by atoms with Gasteiger partial charge in [0.15, 0.2) is 5.76 Å². The molecule has 1 aliphatic heterocycles. The van der Waals surface area contributed by atoms with E-state index in [0.717, 1.165) is 19.6 Å². The Bertz CT molecular complexity index is 1210. The van der Waals surface area contributed by atoms with Gasteiger partial charge >= 0.3 is 0 Å². The summed E-state index contributed by atoms with van der Waals surface area (Å²) in [5.41, 5.74) is 0.248. The number of benzene rings is 1. The summed E-state index contributed by atoms with van der Waals surface area (Å²) in [6.45, 7) is 4.16. The van der Waals surface area contributed by atoms with Crippen molar-refractivity contribution in [1.82, 2.24) is 14.2 Å². The van der Waals surface area contributed by atoms with Gasteiger partial charge in [0.1, 0.15) is 18.4 Å². The summed E-state index contributed by atoms with van der Waals surface area (Å²) >= 11 is 0. The number of furan rings is 1. The van der Waals surface area contributed by atoms with E-state index in [2.05, 4.69) is 16.0 Å². The van der Waals surface area contributed by atoms with Crippen LogP contribution in [0.15, 0.2) is 56.4 Å². The number of ether oxygens (including phenoxy) is 1. The van der Waals surface area contributed by atoms with Crippen LogP contribution in [0.2, 0.25) is 0 Å². The highest BCUT2D eigenvalue weighted by molar-refractivity contribution is 7.89. The summed E-state index contributed by atoms with van der Waals surface area (Å²) in [5, 5.41) is 9.43. The number of nitriles is 1. The number of sulfonamides is 1. The summed E-state index contributed by atoms with van der Waals surface area (Å²) in [6, 6.07) is 12.0. The molecule has 10 nitrogen and oxygen atoms in total. The highest BCUT2D eigenvalue weighted by Crippen LogP contribution is 2.29. The molecule has 1 aliphatic rings. The average Bonchev–Trinajstić information content (AvgIpc) is 3.50. The smallest absolute Gasteiger partial charge is 0.266 e. The number of rotatable bonds is 8. The van der Waals surface area contributed by atoms with Crippen LogP contribution in [0.3, 0.4) is 0 Å². The maximum atomic E-state index is 12.1. The van der Waals surface area contributed by atoms with Gasteiger partial charge < -0.3 is 18.5 Å². The van der Waals surface area contributed by atoms with Crippen molar-refractivity contribution in [3.8, 4) is 23.5 Å². The van der Waals surface area contributed by atoms with Crippen LogP contribution in [0.25, 0.3) is 11.7 Å². The number of hydrogen-bond donors (Lipinski definition) is 0. The van der Waals surface area contributed by atoms with Crippen LogP contribution in [0.4, 0.5) is 5.88 Å². The van der Waals surface area contributed by atoms with E-state index < -0.39 is 10.0 Å². The standard InChI is InChI=1S/C22H25N5O5S/c1-25(2)33(28,29)18-7-5-17(6-8-18)30-15-13-26-9-11-27(12-10-26)22-19(16-23)24-21(32-22)20-4-3-14-31-20/h3-8,14H,9-13,15H2,1-2H3. The molecular formula is C22H25N5O5S. The van der Waals surface area contributed by atoms with Crippen LogP contribution >= 0.6 is 0 Å². The monoisotopic (exact) mass is 471 g/mol. The van der Waals surface area contributed by atoms with Crippen LogP contribution < -0.4 is 9.64 Å². The first-order valence-corrected chi connectivity index (χ1v) is 11.9. The van der Waals surface area contributed by atoms with E-state index in [1.165, 1.54) is 24.7 Å². The minimum atomic E-state index is -3.45. The van der Waals surface area contributed by atoms with Crippen molar-refractivity contribution in [2.75, 3.05) is 58.3 Å². The van der Waals surface area contributed by atoms with Crippen LogP contribution in [0, 0.1) is 11.3 Å². The fourth-order valence-electron chi connectivity index (χ4n) is 3.49. The van der Waals surface area contributed by atoms with Gasteiger partial charge in [-0.1, -0.05) is 0 Å². The molecule has 0 atom stereocenters. The van der Waals surface area contributed by atoms with Gasteiger partial charge in [0.2, 0.25) is 21.6 Å². The molecule has 0 bridgehead atoms. The zero-order valence-corrected chi connectivity index (χ0v) is 19.3. The van der Waals surface area contributed by atoms with Crippen molar-refractivity contribution in [1.29, 1.82) is 5.26 Å². The van der Waals surface area contributed by atoms with E-state index in [1.807, 2.05) is 4.90 Å². The van der Waals surface area contributed by atoms with Gasteiger partial charge in [-0.3, -0.25) is 4.90 Å². The van der Waals surface area contributed by atoms with E-state index in [-0.39, 0.29) is 10.6 Å². The first-order valence-electron chi connectivity index (χ1n) is 10.5. The summed E-state index contributed by atoms with van der Waals surface area (Å²) in [5.74, 6) is 1.87. The molecule has 4 rings (SSSR count). The maximum absolute atomic E-state index is 12.1. The van der Waals surface area contributed by atoms with Crippen LogP contribution in [0.1, 0.15) is 5.69 Å². The lowest BCUT2D eigenvalue weighted by Gasteiger charge is -2.34. The Labute approximate surface area is 192 Å². The molecule has 0 N–H and O–H groups in total. The topological polar surface area (TPSA) is 116 Å². The van der Waals surface area contributed by atoms with Crippen molar-refractivity contribution in [2.24, 2.45) is 0 Å². The molecule has 0 radical (unpaired) electrons. The van der Waals surface area contributed by atoms with Gasteiger partial charge in [0.05, 0.1) is 11.2 Å². The Morgan fingerprint density at radius 2 is 1.88 bits per heavy atom. The Morgan fingerprint density at radius 3 is 2.48 bits per heavy atom. The average molecular weight is 472 g/mol. The lowest BCUT2D eigenvalue weighted by molar-refractivity contribution is 0.199. The highest BCUT2D eigenvalue weighted by atomic mass is 32.2. The molecule has 11 heteroatoms. The molecule has 33 heavy (non-hydrogen) atoms. The van der Waals surface area contributed by atoms with Gasteiger partial charge in [-0.15, -0.1) is 0 Å². The second-order valence-corrected chi connectivity index (χ2v) is 9.85. The minimum absolute atomic E-state index is 0.232. The molecule has 3 aromatic rings. The lowest BCUT2D eigenvalue weighted by Crippen LogP contribution is -2.47. The van der Waals surface area contributed by atoms with Gasteiger partial charge in [-0.25, -0.2) is 12.7 Å². The number of piperazine rings is 1. The third-order valence-electron chi connectivity index (χ3n) is 5.39. The predicted molar refractivity (Wildman–Crippen MR) is 120 cm³/mol. The molecule has 1 saturated heterocycles. The second kappa shape index (κ2) is 9.66. The van der Waals surface area contributed by atoms with Gasteiger partial charge in [0, 0.05) is 46.8 Å². The molecule has 3 heterocycles. The normalized spacial score (nSPS) is 15.0. The number of hydrogen-bond acceptors (Lipinski definition) is 9. The summed E-state index contributed by atoms with van der Waals surface area (Å²) in [7, 11) is -0.446. The third kappa shape index (κ3) is 5.03. The Morgan fingerprint density at radius 1 is 1.15 bits per heavy atom. The van der Waals surface area contributed by atoms with E-state index in [4.69, 9.17) is 13.6 Å². The first kappa shape index (κ1) is 22.8. The quantitative estimate of drug-likeness (QED) is 0.488. The summed E-state index contributed by atoms with van der Waals surface area (Å²) in [4.78, 5) is 8.75. The van der Waals surface area contributed by atoms with Crippen molar-refractivity contribution < 1.29 is 22.0 Å². The number of aromatic nitrogens is 1. The van der Waals surface area contributed by atoms with Gasteiger partial charge in [-0.05, 0) is 36.4 Å². The molecule has 0 saturated carbocycles. The molecule has 0 aliphatic carbocycles. The summed E-state index contributed by atoms with van der Waals surface area (Å²) in [6.07, 6.45) is 1.53. The van der Waals surface area contributed by atoms with Crippen molar-refractivity contribution in [3.63, 3.8) is 0 Å². The lowest BCUT2D eigenvalue weighted by atomic mass is 10.3. The molecule has 0 spiro atoms. The third-order valence-corrected chi connectivity index (χ3v) is 7.21. The zero-order valence-electron chi connectivity index (χ0n) is 18.5. The van der Waals surface area contributed by atoms with Crippen LogP contribution in [0.5, 0.6) is 5.75 Å². The number of anilines is 1. The molecule has 2 aromatic heterocycles. The predicted octanol–water partition coefficient (Wildman–Crippen LogP) is 2.26. The summed E-state index contributed by atoms with van der Waals surface area (Å²) < 4.78 is 42.4. The number of nitrogens with zero attached hydrogens (tertiary/aromatic N) is 5. The Balaban J connectivity index is 1.27. The van der Waals surface area contributed by atoms with Crippen LogP contribution in [-0.2, 0) is 10.0 Å². The molecule has 0 amide bonds. The fraction of sp³-hybridized carbons (Fsp3) is 0.364. The number of oxazole rings is 1. The Hall–Kier alpha value is -3.33. The molecule has 0 unspecified atom stereocenters. The SMILES string of the molecule is CN(C)S(=O)(=O)c1ccc(OCCN2CCN(c3oc(-c4ccco4)nc3C#N)CC2)cc1. The van der Waals surface area contributed by atoms with Gasteiger partial charge in [-0.2, -0.15) is 10.2 Å². The molecule has 174 valence electrons. The molecule has 1 fully saturated rings. The first-order chi connectivity index (χ1) is 15.9. The van der Waals surface area contributed by atoms with Crippen molar-refractivity contribution in [2.45, 2.75) is 4.90 Å². The van der Waals surface area contributed by atoms with Crippen molar-refractivity contribution >= 4 is 15.9 Å². The highest BCUT2D eigenvalue weighted by Gasteiger charge is 2.25. The van der Waals surface area contributed by atoms with E-state index in [0.29, 0.717) is 43.0 Å². The Kier molecular flexibility index (Phi) is 6.69.